The van der Waals surface area contributed by atoms with Crippen LogP contribution in [-0.4, -0.2) is 44.7 Å². The summed E-state index contributed by atoms with van der Waals surface area (Å²) in [6.07, 6.45) is 4.55. The lowest BCUT2D eigenvalue weighted by atomic mass is 10.0. The molecule has 0 radical (unpaired) electrons. The van der Waals surface area contributed by atoms with E-state index in [0.717, 1.165) is 32.2 Å². The number of rotatable bonds is 5. The van der Waals surface area contributed by atoms with Crippen molar-refractivity contribution in [3.63, 3.8) is 0 Å². The normalized spacial score (nSPS) is 19.8. The lowest BCUT2D eigenvalue weighted by Crippen LogP contribution is -2.39. The van der Waals surface area contributed by atoms with E-state index in [1.54, 1.807) is 23.5 Å². The molecule has 1 aromatic carbocycles. The number of sulfonamides is 1. The molecule has 1 amide bonds. The van der Waals surface area contributed by atoms with Crippen LogP contribution in [0.5, 0.6) is 0 Å². The topological polar surface area (TPSA) is 90.9 Å². The second-order valence-corrected chi connectivity index (χ2v) is 10.7. The number of benzene rings is 1. The molecule has 0 aliphatic carbocycles. The average molecular weight is 461 g/mol. The van der Waals surface area contributed by atoms with Crippen molar-refractivity contribution in [2.75, 3.05) is 25.0 Å². The fourth-order valence-corrected chi connectivity index (χ4v) is 6.17. The Morgan fingerprint density at radius 3 is 2.97 bits per heavy atom. The van der Waals surface area contributed by atoms with Gasteiger partial charge < -0.3 is 5.32 Å². The van der Waals surface area contributed by atoms with E-state index < -0.39 is 10.0 Å². The minimum Gasteiger partial charge on any atom is -0.325 e. The number of nitrogens with one attached hydrogen (secondary N) is 2. The van der Waals surface area contributed by atoms with E-state index in [2.05, 4.69) is 38.3 Å². The fourth-order valence-electron chi connectivity index (χ4n) is 4.07. The van der Waals surface area contributed by atoms with Crippen LogP contribution in [0.15, 0.2) is 45.6 Å². The van der Waals surface area contributed by atoms with E-state index in [4.69, 9.17) is 0 Å². The van der Waals surface area contributed by atoms with Crippen molar-refractivity contribution in [1.82, 2.24) is 9.62 Å². The molecule has 0 bridgehead atoms. The Kier molecular flexibility index (Phi) is 6.74. The molecule has 0 saturated carbocycles. The first-order valence-electron chi connectivity index (χ1n) is 10.7. The van der Waals surface area contributed by atoms with Crippen LogP contribution in [0.25, 0.3) is 0 Å². The minimum absolute atomic E-state index is 0.117. The quantitative estimate of drug-likeness (QED) is 0.714. The van der Waals surface area contributed by atoms with Crippen LogP contribution in [0, 0.1) is 0 Å². The smallest absolute Gasteiger partial charge is 0.262 e. The molecule has 0 saturated heterocycles. The van der Waals surface area contributed by atoms with E-state index in [0.29, 0.717) is 24.5 Å². The molecule has 31 heavy (non-hydrogen) atoms. The van der Waals surface area contributed by atoms with Crippen LogP contribution in [0.1, 0.15) is 49.1 Å². The second kappa shape index (κ2) is 9.50. The summed E-state index contributed by atoms with van der Waals surface area (Å²) >= 11 is 1.77. The number of amidine groups is 1. The zero-order chi connectivity index (χ0) is 21.8. The first-order chi connectivity index (χ1) is 14.9. The van der Waals surface area contributed by atoms with Gasteiger partial charge in [-0.3, -0.25) is 19.4 Å². The van der Waals surface area contributed by atoms with Crippen LogP contribution in [0.2, 0.25) is 0 Å². The van der Waals surface area contributed by atoms with Gasteiger partial charge in [-0.15, -0.1) is 11.3 Å². The number of anilines is 1. The molecule has 4 rings (SSSR count). The lowest BCUT2D eigenvalue weighted by molar-refractivity contribution is -0.117. The molecule has 1 aromatic heterocycles. The monoisotopic (exact) mass is 460 g/mol. The largest absolute Gasteiger partial charge is 0.325 e. The van der Waals surface area contributed by atoms with E-state index in [-0.39, 0.29) is 23.4 Å². The van der Waals surface area contributed by atoms with Crippen molar-refractivity contribution in [3.05, 3.63) is 46.2 Å². The zero-order valence-electron chi connectivity index (χ0n) is 17.6. The van der Waals surface area contributed by atoms with Gasteiger partial charge in [0.05, 0.1) is 11.4 Å². The summed E-state index contributed by atoms with van der Waals surface area (Å²) in [6.45, 7) is 3.87. The number of amides is 1. The third kappa shape index (κ3) is 5.34. The predicted molar refractivity (Wildman–Crippen MR) is 124 cm³/mol. The highest BCUT2D eigenvalue weighted by Gasteiger charge is 2.26. The number of thiophene rings is 1. The molecule has 2 aromatic rings. The molecule has 1 unspecified atom stereocenters. The van der Waals surface area contributed by atoms with Gasteiger partial charge in [0, 0.05) is 36.1 Å². The number of nitrogens with zero attached hydrogens (tertiary/aromatic N) is 2. The number of hydrogen-bond acceptors (Lipinski definition) is 6. The summed E-state index contributed by atoms with van der Waals surface area (Å²) in [5.41, 5.74) is 1.77. The molecule has 0 fully saturated rings. The standard InChI is InChI=1S/C22H28N4O3S2/c1-16-19-10-13-30-20(19)9-12-26(16)15-22(27)24-17-6-5-7-18(14-17)31(28,29)25-21-8-3-2-4-11-23-21/h5-7,10,13-14,16H,2-4,8-9,11-12,15H2,1H3,(H,23,25)(H,24,27). The first kappa shape index (κ1) is 22.0. The fraction of sp³-hybridized carbons (Fsp3) is 0.455. The Bertz CT molecular complexity index is 1080. The third-order valence-corrected chi connectivity index (χ3v) is 8.18. The molecule has 2 aliphatic heterocycles. The van der Waals surface area contributed by atoms with Crippen LogP contribution >= 0.6 is 11.3 Å². The number of carbonyl (C=O) groups is 1. The van der Waals surface area contributed by atoms with Gasteiger partial charge in [-0.1, -0.05) is 12.5 Å². The first-order valence-corrected chi connectivity index (χ1v) is 13.0. The number of carbonyl (C=O) groups excluding carboxylic acids is 1. The van der Waals surface area contributed by atoms with Gasteiger partial charge in [0.25, 0.3) is 10.0 Å². The molecule has 1 atom stereocenters. The van der Waals surface area contributed by atoms with E-state index in [1.807, 2.05) is 0 Å². The van der Waals surface area contributed by atoms with Gasteiger partial charge in [0.1, 0.15) is 5.84 Å². The van der Waals surface area contributed by atoms with Crippen LogP contribution < -0.4 is 10.0 Å². The Hall–Kier alpha value is -2.23. The summed E-state index contributed by atoms with van der Waals surface area (Å²) in [6, 6.07) is 8.69. The lowest BCUT2D eigenvalue weighted by Gasteiger charge is -2.32. The Labute approximate surface area is 187 Å². The molecule has 2 aliphatic rings. The van der Waals surface area contributed by atoms with Crippen molar-refractivity contribution in [3.8, 4) is 0 Å². The molecular formula is C22H28N4O3S2. The van der Waals surface area contributed by atoms with Crippen molar-refractivity contribution in [1.29, 1.82) is 0 Å². The maximum atomic E-state index is 12.8. The highest BCUT2D eigenvalue weighted by Crippen LogP contribution is 2.32. The highest BCUT2D eigenvalue weighted by molar-refractivity contribution is 7.90. The molecule has 9 heteroatoms. The summed E-state index contributed by atoms with van der Waals surface area (Å²) in [4.78, 5) is 20.7. The van der Waals surface area contributed by atoms with Gasteiger partial charge in [-0.2, -0.15) is 0 Å². The SMILES string of the molecule is CC1c2ccsc2CCN1CC(=O)Nc1cccc(S(=O)(=O)NC2=NCCCCC2)c1. The summed E-state index contributed by atoms with van der Waals surface area (Å²) in [5.74, 6) is 0.361. The van der Waals surface area contributed by atoms with Gasteiger partial charge in [-0.25, -0.2) is 8.42 Å². The number of fused-ring (bicyclic) bond motifs is 1. The molecule has 0 spiro atoms. The Morgan fingerprint density at radius 1 is 1.23 bits per heavy atom. The van der Waals surface area contributed by atoms with Crippen molar-refractivity contribution in [2.24, 2.45) is 4.99 Å². The predicted octanol–water partition coefficient (Wildman–Crippen LogP) is 3.56. The van der Waals surface area contributed by atoms with E-state index in [1.165, 1.54) is 22.6 Å². The molecular weight excluding hydrogens is 432 g/mol. The number of aliphatic imine (C=N–C) groups is 1. The molecule has 7 nitrogen and oxygen atoms in total. The number of hydrogen-bond donors (Lipinski definition) is 2. The average Bonchev–Trinajstić information content (AvgIpc) is 3.08. The van der Waals surface area contributed by atoms with Gasteiger partial charge in [-0.05, 0) is 61.4 Å². The highest BCUT2D eigenvalue weighted by atomic mass is 32.2. The zero-order valence-corrected chi connectivity index (χ0v) is 19.3. The van der Waals surface area contributed by atoms with Gasteiger partial charge >= 0.3 is 0 Å². The van der Waals surface area contributed by atoms with Crippen LogP contribution in [-0.2, 0) is 21.2 Å². The maximum absolute atomic E-state index is 12.8. The molecule has 2 N–H and O–H groups in total. The van der Waals surface area contributed by atoms with Gasteiger partial charge in [0.2, 0.25) is 5.91 Å². The summed E-state index contributed by atoms with van der Waals surface area (Å²) in [5, 5.41) is 4.96. The van der Waals surface area contributed by atoms with Crippen molar-refractivity contribution < 1.29 is 13.2 Å². The van der Waals surface area contributed by atoms with Crippen LogP contribution in [0.3, 0.4) is 0 Å². The van der Waals surface area contributed by atoms with Gasteiger partial charge in [0.15, 0.2) is 0 Å². The Balaban J connectivity index is 1.40. The second-order valence-electron chi connectivity index (χ2n) is 8.02. The Morgan fingerprint density at radius 2 is 2.10 bits per heavy atom. The third-order valence-electron chi connectivity index (χ3n) is 5.81. The van der Waals surface area contributed by atoms with Crippen molar-refractivity contribution in [2.45, 2.75) is 50.0 Å². The maximum Gasteiger partial charge on any atom is 0.262 e. The summed E-state index contributed by atoms with van der Waals surface area (Å²) in [7, 11) is -3.74. The van der Waals surface area contributed by atoms with E-state index >= 15 is 0 Å². The molecule has 166 valence electrons. The van der Waals surface area contributed by atoms with E-state index in [9.17, 15) is 13.2 Å². The van der Waals surface area contributed by atoms with Crippen LogP contribution in [0.4, 0.5) is 5.69 Å². The minimum atomic E-state index is -3.74. The molecule has 3 heterocycles. The van der Waals surface area contributed by atoms with Crippen molar-refractivity contribution >= 4 is 38.8 Å². The summed E-state index contributed by atoms with van der Waals surface area (Å²) < 4.78 is 28.2.